The van der Waals surface area contributed by atoms with Crippen molar-refractivity contribution in [2.75, 3.05) is 10.6 Å². The van der Waals surface area contributed by atoms with Crippen LogP contribution in [0.5, 0.6) is 0 Å². The number of carbonyl (C=O) groups excluding carboxylic acids is 2. The van der Waals surface area contributed by atoms with Crippen molar-refractivity contribution in [1.29, 1.82) is 0 Å². The lowest BCUT2D eigenvalue weighted by atomic mass is 10.2. The highest BCUT2D eigenvalue weighted by atomic mass is 16.2. The molecular weight excluding hydrogens is 264 g/mol. The van der Waals surface area contributed by atoms with Crippen molar-refractivity contribution in [2.45, 2.75) is 6.92 Å². The minimum atomic E-state index is -0.332. The first-order valence-electron chi connectivity index (χ1n) is 6.56. The lowest BCUT2D eigenvalue weighted by Crippen LogP contribution is -2.16. The van der Waals surface area contributed by atoms with E-state index in [1.54, 1.807) is 31.2 Å². The van der Waals surface area contributed by atoms with Crippen molar-refractivity contribution in [1.82, 2.24) is 0 Å². The Bertz CT molecular complexity index is 649. The van der Waals surface area contributed by atoms with Gasteiger partial charge in [-0.1, -0.05) is 36.4 Å². The van der Waals surface area contributed by atoms with E-state index in [4.69, 9.17) is 0 Å². The van der Waals surface area contributed by atoms with E-state index in [1.807, 2.05) is 36.4 Å². The first-order valence-corrected chi connectivity index (χ1v) is 6.56. The lowest BCUT2D eigenvalue weighted by Gasteiger charge is -2.05. The maximum Gasteiger partial charge on any atom is 0.251 e. The van der Waals surface area contributed by atoms with Gasteiger partial charge in [0.1, 0.15) is 0 Å². The molecule has 2 rings (SSSR count). The number of hydrogen-bond acceptors (Lipinski definition) is 2. The predicted octanol–water partition coefficient (Wildman–Crippen LogP) is 3.21. The summed E-state index contributed by atoms with van der Waals surface area (Å²) in [6, 6.07) is 18.2. The second kappa shape index (κ2) is 7.05. The molecule has 2 aromatic carbocycles. The maximum absolute atomic E-state index is 11.9. The lowest BCUT2D eigenvalue weighted by molar-refractivity contribution is -0.114. The Morgan fingerprint density at radius 2 is 1.29 bits per heavy atom. The molecule has 106 valence electrons. The number of hydrogen-bond donors (Lipinski definition) is 2. The average molecular weight is 280 g/mol. The first-order chi connectivity index (χ1) is 10.1. The number of para-hydroxylation sites is 2. The van der Waals surface area contributed by atoms with Gasteiger partial charge in [0, 0.05) is 23.0 Å². The molecule has 0 aromatic heterocycles. The minimum absolute atomic E-state index is 0.301. The van der Waals surface area contributed by atoms with Crippen molar-refractivity contribution < 1.29 is 9.59 Å². The first kappa shape index (κ1) is 14.5. The zero-order chi connectivity index (χ0) is 15.1. The largest absolute Gasteiger partial charge is 0.323 e. The Hall–Kier alpha value is -2.88. The molecule has 0 aliphatic heterocycles. The Balaban J connectivity index is 1.96. The molecule has 0 saturated carbocycles. The van der Waals surface area contributed by atoms with Gasteiger partial charge in [-0.05, 0) is 31.2 Å². The smallest absolute Gasteiger partial charge is 0.251 e. The molecule has 0 atom stereocenters. The molecule has 0 bridgehead atoms. The summed E-state index contributed by atoms with van der Waals surface area (Å²) in [5.41, 5.74) is 1.72. The van der Waals surface area contributed by atoms with Crippen LogP contribution in [0.15, 0.2) is 72.3 Å². The molecule has 2 amide bonds. The van der Waals surface area contributed by atoms with Gasteiger partial charge in [-0.15, -0.1) is 0 Å². The summed E-state index contributed by atoms with van der Waals surface area (Å²) in [4.78, 5) is 23.8. The zero-order valence-electron chi connectivity index (χ0n) is 11.7. The van der Waals surface area contributed by atoms with Gasteiger partial charge in [-0.3, -0.25) is 9.59 Å². The minimum Gasteiger partial charge on any atom is -0.323 e. The molecule has 0 heterocycles. The second-order valence-corrected chi connectivity index (χ2v) is 4.50. The summed E-state index contributed by atoms with van der Waals surface area (Å²) in [6.45, 7) is 1.60. The molecule has 4 nitrogen and oxygen atoms in total. The van der Waals surface area contributed by atoms with E-state index in [1.165, 1.54) is 6.08 Å². The third-order valence-corrected chi connectivity index (χ3v) is 2.78. The van der Waals surface area contributed by atoms with Crippen LogP contribution in [0.3, 0.4) is 0 Å². The second-order valence-electron chi connectivity index (χ2n) is 4.50. The number of nitrogens with one attached hydrogen (secondary N) is 2. The third kappa shape index (κ3) is 4.62. The van der Waals surface area contributed by atoms with Crippen molar-refractivity contribution in [3.8, 4) is 0 Å². The van der Waals surface area contributed by atoms with Crippen LogP contribution in [0.25, 0.3) is 0 Å². The highest BCUT2D eigenvalue weighted by Gasteiger charge is 2.07. The van der Waals surface area contributed by atoms with E-state index < -0.39 is 0 Å². The van der Waals surface area contributed by atoms with E-state index >= 15 is 0 Å². The Labute approximate surface area is 123 Å². The summed E-state index contributed by atoms with van der Waals surface area (Å²) in [6.07, 6.45) is 1.28. The van der Waals surface area contributed by atoms with Gasteiger partial charge >= 0.3 is 0 Å². The van der Waals surface area contributed by atoms with Gasteiger partial charge in [-0.2, -0.15) is 0 Å². The third-order valence-electron chi connectivity index (χ3n) is 2.78. The van der Waals surface area contributed by atoms with Crippen molar-refractivity contribution in [3.05, 3.63) is 72.3 Å². The van der Waals surface area contributed by atoms with Crippen LogP contribution in [0, 0.1) is 0 Å². The predicted molar refractivity (Wildman–Crippen MR) is 83.9 cm³/mol. The fraction of sp³-hybridized carbons (Fsp3) is 0.0588. The summed E-state index contributed by atoms with van der Waals surface area (Å²) in [5.74, 6) is -0.633. The van der Waals surface area contributed by atoms with E-state index in [9.17, 15) is 9.59 Å². The van der Waals surface area contributed by atoms with Crippen LogP contribution in [0.2, 0.25) is 0 Å². The summed E-state index contributed by atoms with van der Waals surface area (Å²) in [5, 5.41) is 5.42. The van der Waals surface area contributed by atoms with Gasteiger partial charge in [0.25, 0.3) is 5.91 Å². The molecule has 0 aliphatic rings. The van der Waals surface area contributed by atoms with Crippen LogP contribution >= 0.6 is 0 Å². The van der Waals surface area contributed by atoms with Gasteiger partial charge in [0.05, 0.1) is 0 Å². The van der Waals surface area contributed by atoms with Crippen LogP contribution in [-0.4, -0.2) is 11.8 Å². The highest BCUT2D eigenvalue weighted by Crippen LogP contribution is 2.08. The quantitative estimate of drug-likeness (QED) is 0.845. The number of anilines is 2. The van der Waals surface area contributed by atoms with Gasteiger partial charge in [0.2, 0.25) is 5.91 Å². The van der Waals surface area contributed by atoms with Crippen LogP contribution < -0.4 is 10.6 Å². The summed E-state index contributed by atoms with van der Waals surface area (Å²) < 4.78 is 0. The van der Waals surface area contributed by atoms with Crippen molar-refractivity contribution >= 4 is 23.2 Å². The Kier molecular flexibility index (Phi) is 4.88. The molecule has 21 heavy (non-hydrogen) atoms. The molecule has 0 radical (unpaired) electrons. The molecule has 4 heteroatoms. The number of benzene rings is 2. The molecule has 0 unspecified atom stereocenters. The van der Waals surface area contributed by atoms with E-state index in [2.05, 4.69) is 10.6 Å². The van der Waals surface area contributed by atoms with Gasteiger partial charge in [0.15, 0.2) is 0 Å². The van der Waals surface area contributed by atoms with Crippen LogP contribution in [0.4, 0.5) is 11.4 Å². The molecule has 0 saturated heterocycles. The van der Waals surface area contributed by atoms with E-state index in [0.29, 0.717) is 16.9 Å². The van der Waals surface area contributed by atoms with Crippen LogP contribution in [0.1, 0.15) is 6.92 Å². The zero-order valence-corrected chi connectivity index (χ0v) is 11.7. The molecule has 2 N–H and O–H groups in total. The fourth-order valence-electron chi connectivity index (χ4n) is 1.71. The summed E-state index contributed by atoms with van der Waals surface area (Å²) >= 11 is 0. The molecular formula is C17H16N2O2. The maximum atomic E-state index is 11.9. The molecule has 0 fully saturated rings. The standard InChI is InChI=1S/C17H16N2O2/c1-13(17(21)19-15-10-6-3-7-11-15)12-16(20)18-14-8-4-2-5-9-14/h2-12H,1H3,(H,18,20)(H,19,21)/b13-12+. The van der Waals surface area contributed by atoms with Gasteiger partial charge in [-0.25, -0.2) is 0 Å². The highest BCUT2D eigenvalue weighted by molar-refractivity contribution is 6.09. The van der Waals surface area contributed by atoms with Crippen LogP contribution in [-0.2, 0) is 9.59 Å². The molecule has 2 aromatic rings. The number of rotatable bonds is 4. The number of carbonyl (C=O) groups is 2. The fourth-order valence-corrected chi connectivity index (χ4v) is 1.71. The topological polar surface area (TPSA) is 58.2 Å². The average Bonchev–Trinajstić information content (AvgIpc) is 2.49. The van der Waals surface area contributed by atoms with E-state index in [0.717, 1.165) is 0 Å². The van der Waals surface area contributed by atoms with Crippen molar-refractivity contribution in [2.24, 2.45) is 0 Å². The van der Waals surface area contributed by atoms with Crippen molar-refractivity contribution in [3.63, 3.8) is 0 Å². The number of amides is 2. The normalized spacial score (nSPS) is 10.8. The Morgan fingerprint density at radius 1 is 0.810 bits per heavy atom. The van der Waals surface area contributed by atoms with E-state index in [-0.39, 0.29) is 11.8 Å². The summed E-state index contributed by atoms with van der Waals surface area (Å²) in [7, 11) is 0. The monoisotopic (exact) mass is 280 g/mol. The van der Waals surface area contributed by atoms with Gasteiger partial charge < -0.3 is 10.6 Å². The molecule has 0 spiro atoms. The SMILES string of the molecule is C/C(=C\C(=O)Nc1ccccc1)C(=O)Nc1ccccc1. The molecule has 0 aliphatic carbocycles. The Morgan fingerprint density at radius 3 is 1.81 bits per heavy atom.